The van der Waals surface area contributed by atoms with Gasteiger partial charge < -0.3 is 14.8 Å². The number of carbonyl (C=O) groups is 1. The van der Waals surface area contributed by atoms with Crippen molar-refractivity contribution < 1.29 is 22.7 Å². The van der Waals surface area contributed by atoms with Gasteiger partial charge in [-0.05, 0) is 30.3 Å². The number of nitrogens with one attached hydrogen (secondary N) is 1. The van der Waals surface area contributed by atoms with Gasteiger partial charge in [0.15, 0.2) is 0 Å². The summed E-state index contributed by atoms with van der Waals surface area (Å²) in [5.41, 5.74) is 0.564. The number of amides is 1. The first kappa shape index (κ1) is 20.2. The molecule has 0 saturated heterocycles. The molecule has 0 saturated carbocycles. The van der Waals surface area contributed by atoms with Gasteiger partial charge in [0.05, 0.1) is 20.8 Å². The fourth-order valence-corrected chi connectivity index (χ4v) is 3.90. The SMILES string of the molecule is COc1ccc(OC)c(S(=O)(=O)N(C)CC(=O)Nc2cccc(Br)c2)c1. The Morgan fingerprint density at radius 3 is 2.50 bits per heavy atom. The summed E-state index contributed by atoms with van der Waals surface area (Å²) in [6, 6.07) is 11.5. The molecule has 0 aliphatic rings. The van der Waals surface area contributed by atoms with Crippen molar-refractivity contribution in [1.82, 2.24) is 4.31 Å². The van der Waals surface area contributed by atoms with Gasteiger partial charge in [0.1, 0.15) is 16.4 Å². The minimum atomic E-state index is -3.95. The van der Waals surface area contributed by atoms with Crippen LogP contribution in [0.2, 0.25) is 0 Å². The molecule has 0 aliphatic heterocycles. The average molecular weight is 443 g/mol. The van der Waals surface area contributed by atoms with Crippen LogP contribution in [0.1, 0.15) is 0 Å². The van der Waals surface area contributed by atoms with Crippen molar-refractivity contribution in [2.45, 2.75) is 4.90 Å². The molecule has 1 amide bonds. The van der Waals surface area contributed by atoms with E-state index >= 15 is 0 Å². The highest BCUT2D eigenvalue weighted by Crippen LogP contribution is 2.30. The summed E-state index contributed by atoms with van der Waals surface area (Å²) < 4.78 is 37.6. The smallest absolute Gasteiger partial charge is 0.247 e. The zero-order chi connectivity index (χ0) is 19.3. The predicted octanol–water partition coefficient (Wildman–Crippen LogP) is 2.73. The number of nitrogens with zero attached hydrogens (tertiary/aromatic N) is 1. The number of carbonyl (C=O) groups excluding carboxylic acids is 1. The van der Waals surface area contributed by atoms with Crippen molar-refractivity contribution in [1.29, 1.82) is 0 Å². The van der Waals surface area contributed by atoms with Crippen LogP contribution in [-0.2, 0) is 14.8 Å². The largest absolute Gasteiger partial charge is 0.497 e. The predicted molar refractivity (Wildman–Crippen MR) is 102 cm³/mol. The first-order chi connectivity index (χ1) is 12.3. The number of hydrogen-bond acceptors (Lipinski definition) is 5. The highest BCUT2D eigenvalue weighted by molar-refractivity contribution is 9.10. The third-order valence-electron chi connectivity index (χ3n) is 3.53. The second kappa shape index (κ2) is 8.52. The number of likely N-dealkylation sites (N-methyl/N-ethyl adjacent to an activating group) is 1. The standard InChI is InChI=1S/C17H19BrN2O5S/c1-20(11-17(21)19-13-6-4-5-12(18)9-13)26(22,23)16-10-14(24-2)7-8-15(16)25-3/h4-10H,11H2,1-3H3,(H,19,21). The third-order valence-corrected chi connectivity index (χ3v) is 5.85. The maximum atomic E-state index is 12.8. The van der Waals surface area contributed by atoms with E-state index in [4.69, 9.17) is 9.47 Å². The number of sulfonamides is 1. The Balaban J connectivity index is 2.19. The summed E-state index contributed by atoms with van der Waals surface area (Å²) in [6.45, 7) is -0.352. The number of benzene rings is 2. The number of halogens is 1. The first-order valence-corrected chi connectivity index (χ1v) is 9.75. The van der Waals surface area contributed by atoms with Gasteiger partial charge in [-0.1, -0.05) is 22.0 Å². The molecule has 2 aromatic carbocycles. The molecule has 0 unspecified atom stereocenters. The quantitative estimate of drug-likeness (QED) is 0.712. The molecule has 9 heteroatoms. The number of hydrogen-bond donors (Lipinski definition) is 1. The van der Waals surface area contributed by atoms with E-state index in [1.807, 2.05) is 6.07 Å². The normalized spacial score (nSPS) is 11.3. The molecular weight excluding hydrogens is 424 g/mol. The highest BCUT2D eigenvalue weighted by atomic mass is 79.9. The van der Waals surface area contributed by atoms with E-state index in [0.29, 0.717) is 11.4 Å². The van der Waals surface area contributed by atoms with Gasteiger partial charge in [-0.2, -0.15) is 4.31 Å². The van der Waals surface area contributed by atoms with Crippen LogP contribution in [0, 0.1) is 0 Å². The van der Waals surface area contributed by atoms with Crippen molar-refractivity contribution in [3.8, 4) is 11.5 Å². The van der Waals surface area contributed by atoms with Crippen LogP contribution in [0.25, 0.3) is 0 Å². The molecule has 0 aromatic heterocycles. The second-order valence-corrected chi connectivity index (χ2v) is 8.27. The molecule has 2 rings (SSSR count). The van der Waals surface area contributed by atoms with Gasteiger partial charge in [-0.15, -0.1) is 0 Å². The lowest BCUT2D eigenvalue weighted by Crippen LogP contribution is -2.35. The van der Waals surface area contributed by atoms with E-state index in [-0.39, 0.29) is 17.2 Å². The van der Waals surface area contributed by atoms with Crippen LogP contribution < -0.4 is 14.8 Å². The molecule has 0 heterocycles. The Hall–Kier alpha value is -2.10. The van der Waals surface area contributed by atoms with E-state index in [1.54, 1.807) is 24.3 Å². The van der Waals surface area contributed by atoms with E-state index in [2.05, 4.69) is 21.2 Å². The molecular formula is C17H19BrN2O5S. The van der Waals surface area contributed by atoms with Gasteiger partial charge in [-0.3, -0.25) is 4.79 Å². The summed E-state index contributed by atoms with van der Waals surface area (Å²) in [5, 5.41) is 2.66. The Kier molecular flexibility index (Phi) is 6.63. The van der Waals surface area contributed by atoms with E-state index < -0.39 is 15.9 Å². The van der Waals surface area contributed by atoms with Crippen molar-refractivity contribution in [2.75, 3.05) is 33.1 Å². The molecule has 0 spiro atoms. The van der Waals surface area contributed by atoms with E-state index in [1.165, 1.54) is 33.4 Å². The summed E-state index contributed by atoms with van der Waals surface area (Å²) in [7, 11) is 0.190. The average Bonchev–Trinajstić information content (AvgIpc) is 2.60. The van der Waals surface area contributed by atoms with E-state index in [9.17, 15) is 13.2 Å². The van der Waals surface area contributed by atoms with Crippen LogP contribution in [0.4, 0.5) is 5.69 Å². The highest BCUT2D eigenvalue weighted by Gasteiger charge is 2.27. The molecule has 7 nitrogen and oxygen atoms in total. The molecule has 0 radical (unpaired) electrons. The molecule has 2 aromatic rings. The molecule has 140 valence electrons. The summed E-state index contributed by atoms with van der Waals surface area (Å²) >= 11 is 3.31. The second-order valence-electron chi connectivity index (χ2n) is 5.34. The molecule has 26 heavy (non-hydrogen) atoms. The minimum Gasteiger partial charge on any atom is -0.497 e. The maximum Gasteiger partial charge on any atom is 0.247 e. The molecule has 0 atom stereocenters. The van der Waals surface area contributed by atoms with Gasteiger partial charge in [0.25, 0.3) is 0 Å². The number of methoxy groups -OCH3 is 2. The zero-order valence-electron chi connectivity index (χ0n) is 14.5. The maximum absolute atomic E-state index is 12.8. The summed E-state index contributed by atoms with van der Waals surface area (Å²) in [6.07, 6.45) is 0. The van der Waals surface area contributed by atoms with Crippen LogP contribution in [0.3, 0.4) is 0 Å². The molecule has 0 aliphatic carbocycles. The number of ether oxygens (including phenoxy) is 2. The van der Waals surface area contributed by atoms with Crippen molar-refractivity contribution in [3.63, 3.8) is 0 Å². The van der Waals surface area contributed by atoms with E-state index in [0.717, 1.165) is 8.78 Å². The van der Waals surface area contributed by atoms with Crippen LogP contribution in [0.15, 0.2) is 51.8 Å². The van der Waals surface area contributed by atoms with Gasteiger partial charge in [0, 0.05) is 23.3 Å². The summed E-state index contributed by atoms with van der Waals surface area (Å²) in [4.78, 5) is 12.1. The van der Waals surface area contributed by atoms with Crippen LogP contribution in [-0.4, -0.2) is 46.4 Å². The lowest BCUT2D eigenvalue weighted by molar-refractivity contribution is -0.116. The minimum absolute atomic E-state index is 0.0721. The fraction of sp³-hybridized carbons (Fsp3) is 0.235. The van der Waals surface area contributed by atoms with Crippen LogP contribution in [0.5, 0.6) is 11.5 Å². The lowest BCUT2D eigenvalue weighted by Gasteiger charge is -2.19. The van der Waals surface area contributed by atoms with Crippen molar-refractivity contribution in [2.24, 2.45) is 0 Å². The first-order valence-electron chi connectivity index (χ1n) is 7.51. The Bertz CT molecular complexity index is 902. The van der Waals surface area contributed by atoms with Gasteiger partial charge in [-0.25, -0.2) is 8.42 Å². The Labute approximate surface area is 161 Å². The molecule has 0 bridgehead atoms. The lowest BCUT2D eigenvalue weighted by atomic mass is 10.3. The molecule has 0 fully saturated rings. The zero-order valence-corrected chi connectivity index (χ0v) is 16.9. The van der Waals surface area contributed by atoms with Gasteiger partial charge >= 0.3 is 0 Å². The van der Waals surface area contributed by atoms with Crippen LogP contribution >= 0.6 is 15.9 Å². The van der Waals surface area contributed by atoms with Gasteiger partial charge in [0.2, 0.25) is 15.9 Å². The number of rotatable bonds is 7. The van der Waals surface area contributed by atoms with Crippen molar-refractivity contribution in [3.05, 3.63) is 46.9 Å². The molecule has 1 N–H and O–H groups in total. The third kappa shape index (κ3) is 4.75. The number of anilines is 1. The Morgan fingerprint density at radius 1 is 1.15 bits per heavy atom. The summed E-state index contributed by atoms with van der Waals surface area (Å²) in [5.74, 6) is 0.0810. The topological polar surface area (TPSA) is 84.9 Å². The Morgan fingerprint density at radius 2 is 1.88 bits per heavy atom. The fourth-order valence-electron chi connectivity index (χ4n) is 2.21. The van der Waals surface area contributed by atoms with Crippen molar-refractivity contribution >= 4 is 37.5 Å². The monoisotopic (exact) mass is 442 g/mol.